The first kappa shape index (κ1) is 16.8. The first-order chi connectivity index (χ1) is 10.9. The Bertz CT molecular complexity index is 663. The number of anilines is 1. The minimum Gasteiger partial charge on any atom is -0.387 e. The molecule has 1 heterocycles. The number of carbonyl (C=O) groups is 1. The van der Waals surface area contributed by atoms with Gasteiger partial charge in [-0.05, 0) is 29.8 Å². The fourth-order valence-electron chi connectivity index (χ4n) is 1.84. The molecule has 0 bridgehead atoms. The number of halogens is 3. The number of urea groups is 1. The van der Waals surface area contributed by atoms with Gasteiger partial charge in [0.1, 0.15) is 0 Å². The van der Waals surface area contributed by atoms with Crippen LogP contribution in [-0.2, 0) is 6.18 Å². The molecular weight excluding hydrogens is 311 g/mol. The third-order valence-corrected chi connectivity index (χ3v) is 2.97. The highest BCUT2D eigenvalue weighted by atomic mass is 19.4. The van der Waals surface area contributed by atoms with Gasteiger partial charge in [-0.25, -0.2) is 4.79 Å². The van der Waals surface area contributed by atoms with Crippen LogP contribution in [-0.4, -0.2) is 22.7 Å². The van der Waals surface area contributed by atoms with Crippen LogP contribution in [0.4, 0.5) is 23.7 Å². The number of carbonyl (C=O) groups excluding carboxylic acids is 1. The smallest absolute Gasteiger partial charge is 0.387 e. The van der Waals surface area contributed by atoms with E-state index >= 15 is 0 Å². The molecule has 122 valence electrons. The molecule has 3 N–H and O–H groups in total. The molecule has 0 fully saturated rings. The molecule has 0 aliphatic carbocycles. The molecule has 1 atom stereocenters. The molecule has 0 spiro atoms. The van der Waals surface area contributed by atoms with Gasteiger partial charge < -0.3 is 15.7 Å². The number of nitrogens with one attached hydrogen (secondary N) is 2. The lowest BCUT2D eigenvalue weighted by Gasteiger charge is -2.15. The SMILES string of the molecule is O=C(NCC(O)c1cccc(C(F)(F)F)c1)Nc1cccnc1. The molecule has 1 unspecified atom stereocenters. The van der Waals surface area contributed by atoms with E-state index in [-0.39, 0.29) is 12.1 Å². The van der Waals surface area contributed by atoms with Crippen molar-refractivity contribution in [3.05, 3.63) is 59.9 Å². The Hall–Kier alpha value is -2.61. The van der Waals surface area contributed by atoms with Gasteiger partial charge in [0.05, 0.1) is 23.6 Å². The van der Waals surface area contributed by atoms with Crippen LogP contribution < -0.4 is 10.6 Å². The highest BCUT2D eigenvalue weighted by molar-refractivity contribution is 5.88. The molecule has 23 heavy (non-hydrogen) atoms. The van der Waals surface area contributed by atoms with Crippen LogP contribution in [0.25, 0.3) is 0 Å². The summed E-state index contributed by atoms with van der Waals surface area (Å²) in [5, 5.41) is 14.8. The van der Waals surface area contributed by atoms with E-state index in [4.69, 9.17) is 0 Å². The van der Waals surface area contributed by atoms with Crippen molar-refractivity contribution in [3.63, 3.8) is 0 Å². The normalized spacial score (nSPS) is 12.5. The van der Waals surface area contributed by atoms with E-state index < -0.39 is 23.9 Å². The van der Waals surface area contributed by atoms with Gasteiger partial charge in [-0.15, -0.1) is 0 Å². The van der Waals surface area contributed by atoms with Crippen LogP contribution in [0.3, 0.4) is 0 Å². The van der Waals surface area contributed by atoms with Crippen molar-refractivity contribution in [1.29, 1.82) is 0 Å². The summed E-state index contributed by atoms with van der Waals surface area (Å²) in [7, 11) is 0. The van der Waals surface area contributed by atoms with Gasteiger partial charge in [0.2, 0.25) is 0 Å². The maximum absolute atomic E-state index is 12.6. The standard InChI is InChI=1S/C15H14F3N3O2/c16-15(17,18)11-4-1-3-10(7-11)13(22)9-20-14(23)21-12-5-2-6-19-8-12/h1-8,13,22H,9H2,(H2,20,21,23). The number of aliphatic hydroxyl groups is 1. The number of aliphatic hydroxyl groups excluding tert-OH is 1. The van der Waals surface area contributed by atoms with Crippen molar-refractivity contribution in [2.24, 2.45) is 0 Å². The third kappa shape index (κ3) is 4.96. The number of rotatable bonds is 4. The Balaban J connectivity index is 1.92. The van der Waals surface area contributed by atoms with Crippen LogP contribution in [0.5, 0.6) is 0 Å². The van der Waals surface area contributed by atoms with Gasteiger partial charge in [0, 0.05) is 12.7 Å². The van der Waals surface area contributed by atoms with E-state index in [1.165, 1.54) is 18.3 Å². The van der Waals surface area contributed by atoms with Gasteiger partial charge >= 0.3 is 12.2 Å². The van der Waals surface area contributed by atoms with Crippen molar-refractivity contribution in [2.75, 3.05) is 11.9 Å². The molecule has 1 aromatic carbocycles. The molecular formula is C15H14F3N3O2. The molecule has 1 aromatic heterocycles. The average molecular weight is 325 g/mol. The largest absolute Gasteiger partial charge is 0.416 e. The minimum atomic E-state index is -4.49. The Kier molecular flexibility index (Phi) is 5.17. The summed E-state index contributed by atoms with van der Waals surface area (Å²) in [5.41, 5.74) is -0.325. The zero-order valence-corrected chi connectivity index (χ0v) is 11.8. The summed E-state index contributed by atoms with van der Waals surface area (Å²) in [6.45, 7) is -0.229. The van der Waals surface area contributed by atoms with Crippen molar-refractivity contribution >= 4 is 11.7 Å². The molecule has 5 nitrogen and oxygen atoms in total. The summed E-state index contributed by atoms with van der Waals surface area (Å²) in [4.78, 5) is 15.4. The first-order valence-corrected chi connectivity index (χ1v) is 6.66. The van der Waals surface area contributed by atoms with E-state index in [1.807, 2.05) is 0 Å². The summed E-state index contributed by atoms with van der Waals surface area (Å²) >= 11 is 0. The lowest BCUT2D eigenvalue weighted by atomic mass is 10.1. The average Bonchev–Trinajstić information content (AvgIpc) is 2.53. The third-order valence-electron chi connectivity index (χ3n) is 2.97. The predicted octanol–water partition coefficient (Wildman–Crippen LogP) is 2.96. The van der Waals surface area contributed by atoms with Gasteiger partial charge in [-0.1, -0.05) is 12.1 Å². The number of amides is 2. The van der Waals surface area contributed by atoms with Crippen LogP contribution >= 0.6 is 0 Å². The molecule has 0 radical (unpaired) electrons. The van der Waals surface area contributed by atoms with E-state index in [0.29, 0.717) is 5.69 Å². The van der Waals surface area contributed by atoms with Gasteiger partial charge in [-0.2, -0.15) is 13.2 Å². The van der Waals surface area contributed by atoms with Gasteiger partial charge in [0.15, 0.2) is 0 Å². The molecule has 8 heteroatoms. The lowest BCUT2D eigenvalue weighted by Crippen LogP contribution is -2.32. The molecule has 2 rings (SSSR count). The fourth-order valence-corrected chi connectivity index (χ4v) is 1.84. The predicted molar refractivity (Wildman–Crippen MR) is 77.7 cm³/mol. The number of hydrogen-bond donors (Lipinski definition) is 3. The highest BCUT2D eigenvalue weighted by Gasteiger charge is 2.30. The van der Waals surface area contributed by atoms with E-state index in [2.05, 4.69) is 15.6 Å². The number of pyridine rings is 1. The lowest BCUT2D eigenvalue weighted by molar-refractivity contribution is -0.137. The minimum absolute atomic E-state index is 0.0708. The van der Waals surface area contributed by atoms with Gasteiger partial charge in [0.25, 0.3) is 0 Å². The van der Waals surface area contributed by atoms with Crippen LogP contribution in [0, 0.1) is 0 Å². The number of aromatic nitrogens is 1. The number of benzene rings is 1. The van der Waals surface area contributed by atoms with Crippen molar-refractivity contribution < 1.29 is 23.1 Å². The number of hydrogen-bond acceptors (Lipinski definition) is 3. The Morgan fingerprint density at radius 2 is 2.04 bits per heavy atom. The molecule has 0 aliphatic heterocycles. The molecule has 0 aliphatic rings. The Morgan fingerprint density at radius 3 is 2.70 bits per heavy atom. The summed E-state index contributed by atoms with van der Waals surface area (Å²) in [6.07, 6.45) is -2.76. The van der Waals surface area contributed by atoms with Crippen molar-refractivity contribution in [3.8, 4) is 0 Å². The first-order valence-electron chi connectivity index (χ1n) is 6.66. The molecule has 2 amide bonds. The second-order valence-corrected chi connectivity index (χ2v) is 4.72. The molecule has 2 aromatic rings. The molecule has 0 saturated carbocycles. The number of alkyl halides is 3. The monoisotopic (exact) mass is 325 g/mol. The second kappa shape index (κ2) is 7.10. The maximum atomic E-state index is 12.6. The highest BCUT2D eigenvalue weighted by Crippen LogP contribution is 2.30. The summed E-state index contributed by atoms with van der Waals surface area (Å²) in [5.74, 6) is 0. The van der Waals surface area contributed by atoms with Crippen molar-refractivity contribution in [1.82, 2.24) is 10.3 Å². The Morgan fingerprint density at radius 1 is 1.26 bits per heavy atom. The summed E-state index contributed by atoms with van der Waals surface area (Å²) in [6, 6.07) is 6.99. The Labute approximate surface area is 130 Å². The van der Waals surface area contributed by atoms with Crippen molar-refractivity contribution in [2.45, 2.75) is 12.3 Å². The number of nitrogens with zero attached hydrogens (tertiary/aromatic N) is 1. The summed E-state index contributed by atoms with van der Waals surface area (Å²) < 4.78 is 37.9. The van der Waals surface area contributed by atoms with E-state index in [0.717, 1.165) is 12.1 Å². The van der Waals surface area contributed by atoms with E-state index in [9.17, 15) is 23.1 Å². The van der Waals surface area contributed by atoms with Crippen LogP contribution in [0.1, 0.15) is 17.2 Å². The van der Waals surface area contributed by atoms with E-state index in [1.54, 1.807) is 18.3 Å². The topological polar surface area (TPSA) is 74.2 Å². The zero-order valence-electron chi connectivity index (χ0n) is 11.8. The second-order valence-electron chi connectivity index (χ2n) is 4.72. The van der Waals surface area contributed by atoms with Crippen LogP contribution in [0.15, 0.2) is 48.8 Å². The quantitative estimate of drug-likeness (QED) is 0.809. The maximum Gasteiger partial charge on any atom is 0.416 e. The zero-order chi connectivity index (χ0) is 16.9. The van der Waals surface area contributed by atoms with Gasteiger partial charge in [-0.3, -0.25) is 4.98 Å². The van der Waals surface area contributed by atoms with Crippen LogP contribution in [0.2, 0.25) is 0 Å². The molecule has 0 saturated heterocycles. The fraction of sp³-hybridized carbons (Fsp3) is 0.200.